The van der Waals surface area contributed by atoms with Crippen molar-refractivity contribution in [2.75, 3.05) is 0 Å². The SMILES string of the molecule is CC.N#CS(=O)(=O)c1ccccc1. The van der Waals surface area contributed by atoms with Crippen LogP contribution in [0.15, 0.2) is 35.2 Å². The number of nitrogens with zero attached hydrogens (tertiary/aromatic N) is 1. The highest BCUT2D eigenvalue weighted by atomic mass is 32.2. The van der Waals surface area contributed by atoms with Gasteiger partial charge in [-0.2, -0.15) is 5.26 Å². The normalized spacial score (nSPS) is 9.31. The molecule has 3 nitrogen and oxygen atoms in total. The number of nitriles is 1. The Bertz CT molecular complexity index is 376. The van der Waals surface area contributed by atoms with Crippen LogP contribution in [-0.2, 0) is 9.84 Å². The predicted octanol–water partition coefficient (Wildman–Crippen LogP) is 1.97. The van der Waals surface area contributed by atoms with E-state index in [4.69, 9.17) is 5.26 Å². The van der Waals surface area contributed by atoms with Gasteiger partial charge in [-0.25, -0.2) is 8.42 Å². The minimum atomic E-state index is -3.69. The van der Waals surface area contributed by atoms with Gasteiger partial charge in [0.2, 0.25) is 0 Å². The Morgan fingerprint density at radius 1 is 1.15 bits per heavy atom. The van der Waals surface area contributed by atoms with Crippen molar-refractivity contribution >= 4 is 9.84 Å². The fraction of sp³-hybridized carbons (Fsp3) is 0.222. The number of sulfone groups is 1. The lowest BCUT2D eigenvalue weighted by Crippen LogP contribution is -1.94. The van der Waals surface area contributed by atoms with E-state index in [-0.39, 0.29) is 4.90 Å². The van der Waals surface area contributed by atoms with Gasteiger partial charge in [0.1, 0.15) is 0 Å². The van der Waals surface area contributed by atoms with Crippen molar-refractivity contribution in [3.05, 3.63) is 30.3 Å². The molecule has 13 heavy (non-hydrogen) atoms. The van der Waals surface area contributed by atoms with E-state index in [2.05, 4.69) is 0 Å². The molecule has 0 aliphatic rings. The third-order valence-electron chi connectivity index (χ3n) is 1.17. The molecule has 0 fully saturated rings. The van der Waals surface area contributed by atoms with Gasteiger partial charge >= 0.3 is 0 Å². The van der Waals surface area contributed by atoms with E-state index in [1.807, 2.05) is 13.8 Å². The molecule has 0 amide bonds. The molecule has 0 atom stereocenters. The highest BCUT2D eigenvalue weighted by Crippen LogP contribution is 2.07. The summed E-state index contributed by atoms with van der Waals surface area (Å²) in [5, 5.41) is 9.44. The summed E-state index contributed by atoms with van der Waals surface area (Å²) in [6, 6.07) is 7.61. The van der Waals surface area contributed by atoms with E-state index in [0.29, 0.717) is 0 Å². The maximum atomic E-state index is 10.8. The molecule has 0 aliphatic carbocycles. The maximum Gasteiger partial charge on any atom is 0.269 e. The van der Waals surface area contributed by atoms with Gasteiger partial charge in [-0.15, -0.1) is 0 Å². The van der Waals surface area contributed by atoms with Crippen molar-refractivity contribution in [3.63, 3.8) is 0 Å². The fourth-order valence-corrected chi connectivity index (χ4v) is 1.27. The quantitative estimate of drug-likeness (QED) is 0.511. The summed E-state index contributed by atoms with van der Waals surface area (Å²) >= 11 is 0. The first-order chi connectivity index (χ1) is 6.17. The largest absolute Gasteiger partial charge is 0.269 e. The van der Waals surface area contributed by atoms with Gasteiger partial charge in [-0.05, 0) is 12.1 Å². The first-order valence-electron chi connectivity index (χ1n) is 3.88. The molecule has 0 aliphatic heterocycles. The van der Waals surface area contributed by atoms with Gasteiger partial charge in [-0.1, -0.05) is 32.0 Å². The molecule has 0 spiro atoms. The molecule has 0 heterocycles. The zero-order valence-electron chi connectivity index (χ0n) is 7.56. The van der Waals surface area contributed by atoms with Crippen LogP contribution in [0.2, 0.25) is 0 Å². The van der Waals surface area contributed by atoms with Gasteiger partial charge in [0, 0.05) is 0 Å². The van der Waals surface area contributed by atoms with Crippen molar-refractivity contribution in [1.82, 2.24) is 0 Å². The fourth-order valence-electron chi connectivity index (χ4n) is 0.652. The number of hydrogen-bond acceptors (Lipinski definition) is 3. The minimum absolute atomic E-state index is 0.0440. The molecule has 1 aromatic carbocycles. The Balaban J connectivity index is 0.000000671. The molecule has 0 N–H and O–H groups in total. The van der Waals surface area contributed by atoms with Crippen LogP contribution in [0, 0.1) is 10.7 Å². The monoisotopic (exact) mass is 197 g/mol. The summed E-state index contributed by atoms with van der Waals surface area (Å²) in [7, 11) is -3.69. The van der Waals surface area contributed by atoms with Crippen LogP contribution in [0.25, 0.3) is 0 Å². The Hall–Kier alpha value is -1.34. The Morgan fingerprint density at radius 3 is 2.00 bits per heavy atom. The van der Waals surface area contributed by atoms with Crippen molar-refractivity contribution < 1.29 is 8.42 Å². The van der Waals surface area contributed by atoms with Gasteiger partial charge in [0.05, 0.1) is 4.90 Å². The molecule has 4 heteroatoms. The predicted molar refractivity (Wildman–Crippen MR) is 50.6 cm³/mol. The minimum Gasteiger partial charge on any atom is -0.208 e. The van der Waals surface area contributed by atoms with Crippen LogP contribution in [0.5, 0.6) is 0 Å². The molecule has 0 radical (unpaired) electrons. The number of hydrogen-bond donors (Lipinski definition) is 0. The summed E-state index contributed by atoms with van der Waals surface area (Å²) in [5.41, 5.74) is 0. The molecule has 0 aromatic heterocycles. The highest BCUT2D eigenvalue weighted by Gasteiger charge is 2.10. The number of thiocyanates is 1. The molecule has 1 rings (SSSR count). The van der Waals surface area contributed by atoms with E-state index in [9.17, 15) is 8.42 Å². The Kier molecular flexibility index (Phi) is 4.78. The Labute approximate surface area is 78.6 Å². The van der Waals surface area contributed by atoms with E-state index in [1.165, 1.54) is 17.5 Å². The maximum absolute atomic E-state index is 10.8. The second-order valence-electron chi connectivity index (χ2n) is 1.91. The van der Waals surface area contributed by atoms with Gasteiger partial charge in [0.15, 0.2) is 5.40 Å². The van der Waals surface area contributed by atoms with E-state index < -0.39 is 9.84 Å². The summed E-state index contributed by atoms with van der Waals surface area (Å²) in [5.74, 6) is 0. The Morgan fingerprint density at radius 2 is 1.62 bits per heavy atom. The zero-order valence-corrected chi connectivity index (χ0v) is 8.38. The smallest absolute Gasteiger partial charge is 0.208 e. The molecule has 0 bridgehead atoms. The molecule has 0 saturated carbocycles. The van der Waals surface area contributed by atoms with Crippen molar-refractivity contribution in [2.45, 2.75) is 18.7 Å². The highest BCUT2D eigenvalue weighted by molar-refractivity contribution is 7.95. The molecular formula is C9H11NO2S. The van der Waals surface area contributed by atoms with Gasteiger partial charge in [0.25, 0.3) is 9.84 Å². The third-order valence-corrected chi connectivity index (χ3v) is 2.31. The molecule has 70 valence electrons. The zero-order chi connectivity index (χ0) is 10.3. The first kappa shape index (κ1) is 11.7. The third kappa shape index (κ3) is 3.26. The summed E-state index contributed by atoms with van der Waals surface area (Å²) in [6.45, 7) is 4.00. The number of benzene rings is 1. The van der Waals surface area contributed by atoms with Gasteiger partial charge < -0.3 is 0 Å². The molecule has 0 unspecified atom stereocenters. The van der Waals surface area contributed by atoms with E-state index in [0.717, 1.165) is 0 Å². The van der Waals surface area contributed by atoms with Crippen LogP contribution in [0.4, 0.5) is 0 Å². The molecule has 1 aromatic rings. The topological polar surface area (TPSA) is 57.9 Å². The standard InChI is InChI=1S/C7H5NO2S.C2H6/c8-6-11(9,10)7-4-2-1-3-5-7;1-2/h1-5H;1-2H3. The average molecular weight is 197 g/mol. The van der Waals surface area contributed by atoms with Crippen molar-refractivity contribution in [3.8, 4) is 5.40 Å². The molecular weight excluding hydrogens is 186 g/mol. The second kappa shape index (κ2) is 5.33. The van der Waals surface area contributed by atoms with Crippen LogP contribution >= 0.6 is 0 Å². The van der Waals surface area contributed by atoms with Crippen LogP contribution in [-0.4, -0.2) is 8.42 Å². The van der Waals surface area contributed by atoms with E-state index >= 15 is 0 Å². The lowest BCUT2D eigenvalue weighted by atomic mass is 10.4. The van der Waals surface area contributed by atoms with Crippen molar-refractivity contribution in [1.29, 1.82) is 5.26 Å². The van der Waals surface area contributed by atoms with Crippen molar-refractivity contribution in [2.24, 2.45) is 0 Å². The summed E-state index contributed by atoms with van der Waals surface area (Å²) in [6.07, 6.45) is 0. The molecule has 0 saturated heterocycles. The van der Waals surface area contributed by atoms with Crippen LogP contribution in [0.3, 0.4) is 0 Å². The second-order valence-corrected chi connectivity index (χ2v) is 3.57. The first-order valence-corrected chi connectivity index (χ1v) is 5.36. The van der Waals surface area contributed by atoms with E-state index in [1.54, 1.807) is 18.2 Å². The average Bonchev–Trinajstić information content (AvgIpc) is 2.22. The lowest BCUT2D eigenvalue weighted by molar-refractivity contribution is 0.605. The van der Waals surface area contributed by atoms with Crippen LogP contribution < -0.4 is 0 Å². The number of rotatable bonds is 1. The summed E-state index contributed by atoms with van der Waals surface area (Å²) in [4.78, 5) is 0.0440. The van der Waals surface area contributed by atoms with Gasteiger partial charge in [-0.3, -0.25) is 0 Å². The lowest BCUT2D eigenvalue weighted by Gasteiger charge is -1.91. The summed E-state index contributed by atoms with van der Waals surface area (Å²) < 4.78 is 21.7. The van der Waals surface area contributed by atoms with Crippen LogP contribution in [0.1, 0.15) is 13.8 Å².